The predicted molar refractivity (Wildman–Crippen MR) is 126 cm³/mol. The summed E-state index contributed by atoms with van der Waals surface area (Å²) in [7, 11) is 6.24. The molecule has 0 aliphatic carbocycles. The summed E-state index contributed by atoms with van der Waals surface area (Å²) >= 11 is 1.48. The van der Waals surface area contributed by atoms with Crippen molar-refractivity contribution in [3.05, 3.63) is 46.1 Å². The number of methoxy groups -OCH3 is 4. The standard InChI is InChI=1S/C23H27N3O5S/c1-14(2)25-23-26(24-12-15-7-8-19(28-3)18(27)9-15)17(13-32-23)16-10-20(29-4)22(31-6)21(11-16)30-5/h7-14,27H,1-6H3. The molecule has 0 radical (unpaired) electrons. The summed E-state index contributed by atoms with van der Waals surface area (Å²) in [5, 5.41) is 16.7. The van der Waals surface area contributed by atoms with Crippen LogP contribution in [0.3, 0.4) is 0 Å². The second-order valence-corrected chi connectivity index (χ2v) is 7.86. The summed E-state index contributed by atoms with van der Waals surface area (Å²) in [4.78, 5) is 5.43. The van der Waals surface area contributed by atoms with Crippen molar-refractivity contribution in [3.63, 3.8) is 0 Å². The van der Waals surface area contributed by atoms with Gasteiger partial charge in [-0.3, -0.25) is 4.99 Å². The molecule has 0 saturated heterocycles. The molecule has 0 atom stereocenters. The van der Waals surface area contributed by atoms with Gasteiger partial charge in [0.25, 0.3) is 0 Å². The zero-order chi connectivity index (χ0) is 23.3. The van der Waals surface area contributed by atoms with E-state index in [2.05, 4.69) is 5.10 Å². The fraction of sp³-hybridized carbons (Fsp3) is 0.304. The Kier molecular flexibility index (Phi) is 7.42. The highest BCUT2D eigenvalue weighted by Crippen LogP contribution is 2.41. The smallest absolute Gasteiger partial charge is 0.206 e. The van der Waals surface area contributed by atoms with Crippen LogP contribution < -0.4 is 23.7 Å². The van der Waals surface area contributed by atoms with Crippen molar-refractivity contribution in [2.45, 2.75) is 19.9 Å². The number of hydrogen-bond donors (Lipinski definition) is 1. The topological polar surface area (TPSA) is 86.8 Å². The van der Waals surface area contributed by atoms with Gasteiger partial charge < -0.3 is 24.1 Å². The number of benzene rings is 2. The fourth-order valence-electron chi connectivity index (χ4n) is 3.06. The molecule has 0 aliphatic rings. The molecule has 32 heavy (non-hydrogen) atoms. The van der Waals surface area contributed by atoms with Crippen LogP contribution in [0.5, 0.6) is 28.7 Å². The van der Waals surface area contributed by atoms with E-state index in [1.54, 1.807) is 44.4 Å². The van der Waals surface area contributed by atoms with Crippen molar-refractivity contribution >= 4 is 17.6 Å². The van der Waals surface area contributed by atoms with Gasteiger partial charge in [0.05, 0.1) is 40.3 Å². The van der Waals surface area contributed by atoms with E-state index in [4.69, 9.17) is 23.9 Å². The van der Waals surface area contributed by atoms with Crippen molar-refractivity contribution in [3.8, 4) is 40.0 Å². The summed E-state index contributed by atoms with van der Waals surface area (Å²) in [6.45, 7) is 4.02. The maximum Gasteiger partial charge on any atom is 0.206 e. The predicted octanol–water partition coefficient (Wildman–Crippen LogP) is 4.15. The minimum absolute atomic E-state index is 0.0451. The van der Waals surface area contributed by atoms with Gasteiger partial charge in [-0.25, -0.2) is 4.68 Å². The van der Waals surface area contributed by atoms with E-state index in [1.807, 2.05) is 37.4 Å². The highest BCUT2D eigenvalue weighted by molar-refractivity contribution is 7.07. The van der Waals surface area contributed by atoms with Crippen LogP contribution in [0.1, 0.15) is 19.4 Å². The van der Waals surface area contributed by atoms with Crippen molar-refractivity contribution < 1.29 is 24.1 Å². The van der Waals surface area contributed by atoms with Crippen LogP contribution >= 0.6 is 11.3 Å². The maximum absolute atomic E-state index is 10.1. The number of hydrogen-bond acceptors (Lipinski definition) is 8. The molecule has 2 aromatic carbocycles. The zero-order valence-corrected chi connectivity index (χ0v) is 19.8. The molecular weight excluding hydrogens is 430 g/mol. The molecule has 9 heteroatoms. The van der Waals surface area contributed by atoms with E-state index in [0.29, 0.717) is 28.6 Å². The molecule has 0 bridgehead atoms. The minimum Gasteiger partial charge on any atom is -0.504 e. The number of phenolic OH excluding ortho intramolecular Hbond substituents is 1. The molecule has 0 unspecified atom stereocenters. The molecule has 1 heterocycles. The molecule has 3 rings (SSSR count). The Labute approximate surface area is 191 Å². The van der Waals surface area contributed by atoms with Gasteiger partial charge in [-0.15, -0.1) is 11.3 Å². The monoisotopic (exact) mass is 457 g/mol. The first kappa shape index (κ1) is 23.2. The van der Waals surface area contributed by atoms with Gasteiger partial charge in [0.15, 0.2) is 23.0 Å². The van der Waals surface area contributed by atoms with E-state index < -0.39 is 0 Å². The lowest BCUT2D eigenvalue weighted by molar-refractivity contribution is 0.324. The first-order chi connectivity index (χ1) is 15.4. The van der Waals surface area contributed by atoms with E-state index in [9.17, 15) is 5.11 Å². The van der Waals surface area contributed by atoms with Gasteiger partial charge in [0.2, 0.25) is 10.6 Å². The highest BCUT2D eigenvalue weighted by atomic mass is 32.1. The van der Waals surface area contributed by atoms with E-state index in [0.717, 1.165) is 16.1 Å². The summed E-state index contributed by atoms with van der Waals surface area (Å²) < 4.78 is 23.3. The van der Waals surface area contributed by atoms with E-state index >= 15 is 0 Å². The number of phenols is 1. The normalized spacial score (nSPS) is 11.9. The third-order valence-corrected chi connectivity index (χ3v) is 5.37. The molecule has 0 spiro atoms. The number of aromatic hydroxyl groups is 1. The molecule has 170 valence electrons. The Balaban J connectivity index is 2.15. The Morgan fingerprint density at radius 1 is 0.938 bits per heavy atom. The zero-order valence-electron chi connectivity index (χ0n) is 18.9. The Morgan fingerprint density at radius 3 is 2.12 bits per heavy atom. The number of aromatic nitrogens is 1. The maximum atomic E-state index is 10.1. The first-order valence-electron chi connectivity index (χ1n) is 9.87. The third-order valence-electron chi connectivity index (χ3n) is 4.54. The SMILES string of the molecule is COc1ccc(C=Nn2c(-c3cc(OC)c(OC)c(OC)c3)csc2=NC(C)C)cc1O. The van der Waals surface area contributed by atoms with Crippen molar-refractivity contribution in [1.29, 1.82) is 0 Å². The fourth-order valence-corrected chi connectivity index (χ4v) is 4.03. The van der Waals surface area contributed by atoms with E-state index in [-0.39, 0.29) is 11.8 Å². The van der Waals surface area contributed by atoms with Gasteiger partial charge in [0, 0.05) is 17.0 Å². The summed E-state index contributed by atoms with van der Waals surface area (Å²) in [6, 6.07) is 8.92. The lowest BCUT2D eigenvalue weighted by Crippen LogP contribution is -2.14. The van der Waals surface area contributed by atoms with Gasteiger partial charge in [-0.2, -0.15) is 5.10 Å². The average molecular weight is 458 g/mol. The van der Waals surface area contributed by atoms with Crippen LogP contribution in [0, 0.1) is 0 Å². The first-order valence-corrected chi connectivity index (χ1v) is 10.8. The lowest BCUT2D eigenvalue weighted by atomic mass is 10.1. The molecule has 8 nitrogen and oxygen atoms in total. The van der Waals surface area contributed by atoms with Crippen molar-refractivity contribution in [2.75, 3.05) is 28.4 Å². The number of nitrogens with zero attached hydrogens (tertiary/aromatic N) is 3. The Bertz CT molecular complexity index is 1160. The minimum atomic E-state index is 0.0451. The quantitative estimate of drug-likeness (QED) is 0.514. The van der Waals surface area contributed by atoms with Crippen LogP contribution in [-0.2, 0) is 0 Å². The highest BCUT2D eigenvalue weighted by Gasteiger charge is 2.17. The summed E-state index contributed by atoms with van der Waals surface area (Å²) in [5.74, 6) is 2.06. The van der Waals surface area contributed by atoms with Gasteiger partial charge >= 0.3 is 0 Å². The molecule has 1 aromatic heterocycles. The molecule has 0 fully saturated rings. The van der Waals surface area contributed by atoms with Crippen molar-refractivity contribution in [1.82, 2.24) is 4.68 Å². The van der Waals surface area contributed by atoms with Gasteiger partial charge in [0.1, 0.15) is 0 Å². The van der Waals surface area contributed by atoms with Crippen LogP contribution in [0.25, 0.3) is 11.3 Å². The number of rotatable bonds is 8. The Morgan fingerprint density at radius 2 is 1.59 bits per heavy atom. The second kappa shape index (κ2) is 10.2. The molecule has 0 saturated carbocycles. The van der Waals surface area contributed by atoms with Crippen LogP contribution in [0.15, 0.2) is 45.8 Å². The van der Waals surface area contributed by atoms with Crippen LogP contribution in [-0.4, -0.2) is 50.5 Å². The molecule has 0 amide bonds. The third kappa shape index (κ3) is 4.88. The molecule has 3 aromatic rings. The van der Waals surface area contributed by atoms with Crippen molar-refractivity contribution in [2.24, 2.45) is 10.1 Å². The average Bonchev–Trinajstić information content (AvgIpc) is 3.18. The van der Waals surface area contributed by atoms with Crippen LogP contribution in [0.4, 0.5) is 0 Å². The molecule has 1 N–H and O–H groups in total. The van der Waals surface area contributed by atoms with Crippen LogP contribution in [0.2, 0.25) is 0 Å². The van der Waals surface area contributed by atoms with E-state index in [1.165, 1.54) is 18.4 Å². The van der Waals surface area contributed by atoms with Gasteiger partial charge in [-0.05, 0) is 49.7 Å². The second-order valence-electron chi connectivity index (χ2n) is 7.03. The molecule has 0 aliphatic heterocycles. The summed E-state index contributed by atoms with van der Waals surface area (Å²) in [5.41, 5.74) is 2.35. The largest absolute Gasteiger partial charge is 0.504 e. The number of thiazole rings is 1. The lowest BCUT2D eigenvalue weighted by Gasteiger charge is -2.14. The molecular formula is C23H27N3O5S. The summed E-state index contributed by atoms with van der Waals surface area (Å²) in [6.07, 6.45) is 1.66. The Hall–Kier alpha value is -3.46. The number of ether oxygens (including phenoxy) is 4. The van der Waals surface area contributed by atoms with Gasteiger partial charge in [-0.1, -0.05) is 0 Å².